The van der Waals surface area contributed by atoms with Crippen molar-refractivity contribution in [3.63, 3.8) is 0 Å². The van der Waals surface area contributed by atoms with Crippen LogP contribution in [0.2, 0.25) is 0 Å². The van der Waals surface area contributed by atoms with Crippen LogP contribution in [0, 0.1) is 0 Å². The summed E-state index contributed by atoms with van der Waals surface area (Å²) in [6.07, 6.45) is 0.593. The van der Waals surface area contributed by atoms with E-state index >= 15 is 0 Å². The van der Waals surface area contributed by atoms with Gasteiger partial charge in [0.25, 0.3) is 5.89 Å². The van der Waals surface area contributed by atoms with Crippen LogP contribution in [0.4, 0.5) is 0 Å². The van der Waals surface area contributed by atoms with Gasteiger partial charge in [-0.1, -0.05) is 23.4 Å². The summed E-state index contributed by atoms with van der Waals surface area (Å²) in [5.74, 6) is 1.94. The average Bonchev–Trinajstić information content (AvgIpc) is 2.94. The van der Waals surface area contributed by atoms with E-state index in [1.807, 2.05) is 24.3 Å². The van der Waals surface area contributed by atoms with Crippen LogP contribution < -0.4 is 4.74 Å². The Labute approximate surface area is 98.4 Å². The highest BCUT2D eigenvalue weighted by Crippen LogP contribution is 2.35. The molecule has 17 heavy (non-hydrogen) atoms. The van der Waals surface area contributed by atoms with Crippen molar-refractivity contribution in [1.29, 1.82) is 0 Å². The zero-order valence-electron chi connectivity index (χ0n) is 9.42. The number of ether oxygens (including phenoxy) is 2. The Hall–Kier alpha value is -1.88. The maximum Gasteiger partial charge on any atom is 0.268 e. The molecule has 0 N–H and O–H groups in total. The Bertz CT molecular complexity index is 499. The molecule has 0 radical (unpaired) electrons. The smallest absolute Gasteiger partial charge is 0.268 e. The fraction of sp³-hybridized carbons (Fsp3) is 0.333. The summed E-state index contributed by atoms with van der Waals surface area (Å²) in [5, 5.41) is 3.82. The van der Waals surface area contributed by atoms with Crippen LogP contribution in [0.3, 0.4) is 0 Å². The molecule has 2 heterocycles. The van der Waals surface area contributed by atoms with Crippen molar-refractivity contribution < 1.29 is 14.0 Å². The molecule has 0 bridgehead atoms. The summed E-state index contributed by atoms with van der Waals surface area (Å²) in [6.45, 7) is 0.350. The van der Waals surface area contributed by atoms with E-state index in [9.17, 15) is 0 Å². The molecule has 3 rings (SSSR count). The lowest BCUT2D eigenvalue weighted by atomic mass is 10.1. The third kappa shape index (κ3) is 1.89. The number of rotatable bonds is 3. The van der Waals surface area contributed by atoms with Gasteiger partial charge in [-0.2, -0.15) is 4.98 Å². The van der Waals surface area contributed by atoms with Gasteiger partial charge in [0.15, 0.2) is 11.9 Å². The molecule has 1 aromatic heterocycles. The van der Waals surface area contributed by atoms with Crippen molar-refractivity contribution in [2.45, 2.75) is 19.1 Å². The molecule has 1 atom stereocenters. The number of hydrogen-bond donors (Lipinski definition) is 0. The molecule has 1 aliphatic heterocycles. The van der Waals surface area contributed by atoms with Gasteiger partial charge in [-0.05, 0) is 11.6 Å². The second kappa shape index (κ2) is 4.18. The van der Waals surface area contributed by atoms with Gasteiger partial charge in [-0.3, -0.25) is 0 Å². The lowest BCUT2D eigenvalue weighted by molar-refractivity contribution is 0.171. The zero-order chi connectivity index (χ0) is 11.7. The van der Waals surface area contributed by atoms with Crippen LogP contribution in [0.25, 0.3) is 0 Å². The van der Waals surface area contributed by atoms with Crippen LogP contribution >= 0.6 is 0 Å². The predicted molar refractivity (Wildman–Crippen MR) is 58.5 cm³/mol. The van der Waals surface area contributed by atoms with Crippen molar-refractivity contribution in [2.24, 2.45) is 0 Å². The van der Waals surface area contributed by atoms with Crippen LogP contribution in [0.1, 0.15) is 23.4 Å². The number of hydrogen-bond acceptors (Lipinski definition) is 5. The van der Waals surface area contributed by atoms with Gasteiger partial charge in [0.05, 0.1) is 0 Å². The summed E-state index contributed by atoms with van der Waals surface area (Å²) in [5.41, 5.74) is 1.17. The molecule has 0 saturated carbocycles. The van der Waals surface area contributed by atoms with Gasteiger partial charge in [-0.25, -0.2) is 0 Å². The summed E-state index contributed by atoms with van der Waals surface area (Å²) >= 11 is 0. The lowest BCUT2D eigenvalue weighted by Gasteiger charge is -2.03. The first-order valence-corrected chi connectivity index (χ1v) is 5.43. The molecule has 0 unspecified atom stereocenters. The molecule has 0 saturated heterocycles. The van der Waals surface area contributed by atoms with Crippen LogP contribution in [-0.2, 0) is 17.8 Å². The van der Waals surface area contributed by atoms with Gasteiger partial charge in [0.1, 0.15) is 12.4 Å². The minimum Gasteiger partial charge on any atom is -0.480 e. The van der Waals surface area contributed by atoms with Crippen LogP contribution in [0.5, 0.6) is 5.75 Å². The van der Waals surface area contributed by atoms with E-state index in [-0.39, 0.29) is 6.10 Å². The summed E-state index contributed by atoms with van der Waals surface area (Å²) in [6, 6.07) is 7.93. The Kier molecular flexibility index (Phi) is 2.53. The van der Waals surface area contributed by atoms with Gasteiger partial charge in [0.2, 0.25) is 0 Å². The minimum absolute atomic E-state index is 0.175. The highest BCUT2D eigenvalue weighted by molar-refractivity contribution is 5.37. The lowest BCUT2D eigenvalue weighted by Crippen LogP contribution is -2.03. The van der Waals surface area contributed by atoms with Crippen molar-refractivity contribution in [3.8, 4) is 5.75 Å². The van der Waals surface area contributed by atoms with Crippen LogP contribution in [0.15, 0.2) is 28.8 Å². The van der Waals surface area contributed by atoms with E-state index in [1.165, 1.54) is 5.56 Å². The molecule has 0 fully saturated rings. The fourth-order valence-corrected chi connectivity index (χ4v) is 1.91. The van der Waals surface area contributed by atoms with E-state index in [4.69, 9.17) is 14.0 Å². The Morgan fingerprint density at radius 3 is 3.12 bits per heavy atom. The normalized spacial score (nSPS) is 17.8. The third-order valence-corrected chi connectivity index (χ3v) is 2.68. The molecule has 1 aliphatic rings. The van der Waals surface area contributed by atoms with Crippen molar-refractivity contribution in [3.05, 3.63) is 41.5 Å². The average molecular weight is 232 g/mol. The monoisotopic (exact) mass is 232 g/mol. The third-order valence-electron chi connectivity index (χ3n) is 2.68. The number of benzene rings is 1. The molecule has 5 heteroatoms. The molecule has 0 spiro atoms. The molecule has 0 aliphatic carbocycles. The van der Waals surface area contributed by atoms with Gasteiger partial charge in [-0.15, -0.1) is 0 Å². The number of para-hydroxylation sites is 1. The van der Waals surface area contributed by atoms with Crippen molar-refractivity contribution in [2.75, 3.05) is 7.11 Å². The van der Waals surface area contributed by atoms with Gasteiger partial charge < -0.3 is 14.0 Å². The van der Waals surface area contributed by atoms with E-state index < -0.39 is 0 Å². The first-order chi connectivity index (χ1) is 8.36. The predicted octanol–water partition coefficient (Wildman–Crippen LogP) is 1.89. The zero-order valence-corrected chi connectivity index (χ0v) is 9.42. The van der Waals surface area contributed by atoms with E-state index in [0.717, 1.165) is 12.2 Å². The Morgan fingerprint density at radius 2 is 2.29 bits per heavy atom. The standard InChI is InChI=1S/C12H12N2O3/c1-15-7-11-13-12(17-14-11)10-6-8-4-2-3-5-9(8)16-10/h2-5,10H,6-7H2,1H3/t10-/m0/s1. The molecule has 88 valence electrons. The van der Waals surface area contributed by atoms with Crippen molar-refractivity contribution in [1.82, 2.24) is 10.1 Å². The maximum absolute atomic E-state index is 5.75. The first kappa shape index (κ1) is 10.3. The molecule has 1 aromatic carbocycles. The number of fused-ring (bicyclic) bond motifs is 1. The van der Waals surface area contributed by atoms with E-state index in [0.29, 0.717) is 18.3 Å². The summed E-state index contributed by atoms with van der Waals surface area (Å²) < 4.78 is 15.9. The van der Waals surface area contributed by atoms with Gasteiger partial charge in [0, 0.05) is 13.5 Å². The summed E-state index contributed by atoms with van der Waals surface area (Å²) in [4.78, 5) is 4.24. The molecule has 0 amide bonds. The van der Waals surface area contributed by atoms with Crippen LogP contribution in [-0.4, -0.2) is 17.3 Å². The first-order valence-electron chi connectivity index (χ1n) is 5.43. The maximum atomic E-state index is 5.75. The fourth-order valence-electron chi connectivity index (χ4n) is 1.91. The SMILES string of the molecule is COCc1noc([C@@H]2Cc3ccccc3O2)n1. The Morgan fingerprint density at radius 1 is 1.41 bits per heavy atom. The van der Waals surface area contributed by atoms with Crippen molar-refractivity contribution >= 4 is 0 Å². The largest absolute Gasteiger partial charge is 0.480 e. The van der Waals surface area contributed by atoms with Gasteiger partial charge >= 0.3 is 0 Å². The number of methoxy groups -OCH3 is 1. The Balaban J connectivity index is 1.79. The molecule has 5 nitrogen and oxygen atoms in total. The highest BCUT2D eigenvalue weighted by Gasteiger charge is 2.28. The minimum atomic E-state index is -0.175. The van der Waals surface area contributed by atoms with E-state index in [1.54, 1.807) is 7.11 Å². The second-order valence-corrected chi connectivity index (χ2v) is 3.90. The number of aromatic nitrogens is 2. The van der Waals surface area contributed by atoms with E-state index in [2.05, 4.69) is 10.1 Å². The summed E-state index contributed by atoms with van der Waals surface area (Å²) in [7, 11) is 1.60. The second-order valence-electron chi connectivity index (χ2n) is 3.90. The molecule has 2 aromatic rings. The topological polar surface area (TPSA) is 57.4 Å². The quantitative estimate of drug-likeness (QED) is 0.808. The number of nitrogens with zero attached hydrogens (tertiary/aromatic N) is 2. The highest BCUT2D eigenvalue weighted by atomic mass is 16.5. The molecular weight excluding hydrogens is 220 g/mol. The molecular formula is C12H12N2O3.